The molecule has 1 aromatic rings. The van der Waals surface area contributed by atoms with Crippen molar-refractivity contribution in [3.8, 4) is 11.5 Å². The van der Waals surface area contributed by atoms with Gasteiger partial charge in [0.05, 0.1) is 26.8 Å². The van der Waals surface area contributed by atoms with Gasteiger partial charge in [-0.15, -0.1) is 0 Å². The van der Waals surface area contributed by atoms with Gasteiger partial charge >= 0.3 is 12.1 Å². The van der Waals surface area contributed by atoms with Crippen molar-refractivity contribution < 1.29 is 23.8 Å². The van der Waals surface area contributed by atoms with Crippen molar-refractivity contribution in [3.05, 3.63) is 23.8 Å². The van der Waals surface area contributed by atoms with Gasteiger partial charge in [-0.05, 0) is 38.5 Å². The molecule has 2 saturated heterocycles. The van der Waals surface area contributed by atoms with E-state index in [1.54, 1.807) is 24.0 Å². The third-order valence-corrected chi connectivity index (χ3v) is 4.69. The molecule has 1 aromatic carbocycles. The summed E-state index contributed by atoms with van der Waals surface area (Å²) < 4.78 is 16.1. The maximum absolute atomic E-state index is 12.4. The molecule has 2 aliphatic rings. The zero-order valence-corrected chi connectivity index (χ0v) is 16.4. The van der Waals surface area contributed by atoms with Crippen LogP contribution in [0.2, 0.25) is 0 Å². The van der Waals surface area contributed by atoms with Crippen LogP contribution in [0.15, 0.2) is 18.2 Å². The van der Waals surface area contributed by atoms with Crippen LogP contribution in [-0.2, 0) is 11.3 Å². The summed E-state index contributed by atoms with van der Waals surface area (Å²) in [5.41, 5.74) is 0.591. The number of rotatable bonds is 4. The molecule has 148 valence electrons. The second-order valence-electron chi connectivity index (χ2n) is 7.89. The fourth-order valence-electron chi connectivity index (χ4n) is 3.43. The van der Waals surface area contributed by atoms with Gasteiger partial charge < -0.3 is 24.4 Å². The van der Waals surface area contributed by atoms with Gasteiger partial charge in [-0.25, -0.2) is 9.59 Å². The molecule has 0 aromatic heterocycles. The quantitative estimate of drug-likeness (QED) is 0.870. The Hall–Kier alpha value is -2.64. The van der Waals surface area contributed by atoms with E-state index in [0.29, 0.717) is 31.1 Å². The van der Waals surface area contributed by atoms with Crippen LogP contribution in [0, 0.1) is 0 Å². The molecule has 0 spiro atoms. The van der Waals surface area contributed by atoms with Crippen molar-refractivity contribution in [2.75, 3.05) is 27.3 Å². The third-order valence-electron chi connectivity index (χ3n) is 4.69. The number of amides is 3. The zero-order valence-electron chi connectivity index (χ0n) is 16.4. The van der Waals surface area contributed by atoms with E-state index in [1.807, 2.05) is 39.0 Å². The van der Waals surface area contributed by atoms with Crippen LogP contribution in [0.1, 0.15) is 26.3 Å². The first-order valence-corrected chi connectivity index (χ1v) is 8.97. The first-order valence-electron chi connectivity index (χ1n) is 8.97. The lowest BCUT2D eigenvalue weighted by atomic mass is 10.1. The average molecular weight is 377 g/mol. The number of carbonyl (C=O) groups excluding carboxylic acids is 2. The number of hydrogen-bond acceptors (Lipinski definition) is 5. The van der Waals surface area contributed by atoms with E-state index in [0.717, 1.165) is 5.56 Å². The second kappa shape index (κ2) is 7.17. The Bertz CT molecular complexity index is 731. The van der Waals surface area contributed by atoms with E-state index in [4.69, 9.17) is 14.2 Å². The summed E-state index contributed by atoms with van der Waals surface area (Å²) in [6.07, 6.45) is -0.654. The van der Waals surface area contributed by atoms with Crippen molar-refractivity contribution in [2.45, 2.75) is 45.0 Å². The van der Waals surface area contributed by atoms with Crippen molar-refractivity contribution in [1.82, 2.24) is 15.1 Å². The summed E-state index contributed by atoms with van der Waals surface area (Å²) >= 11 is 0. The van der Waals surface area contributed by atoms with Crippen LogP contribution in [0.5, 0.6) is 11.5 Å². The summed E-state index contributed by atoms with van der Waals surface area (Å²) in [7, 11) is 3.15. The number of likely N-dealkylation sites (tertiary alicyclic amines) is 1. The number of carbonyl (C=O) groups is 2. The van der Waals surface area contributed by atoms with E-state index >= 15 is 0 Å². The van der Waals surface area contributed by atoms with Crippen molar-refractivity contribution in [1.29, 1.82) is 0 Å². The van der Waals surface area contributed by atoms with Crippen LogP contribution in [0.25, 0.3) is 0 Å². The van der Waals surface area contributed by atoms with E-state index in [-0.39, 0.29) is 29.8 Å². The van der Waals surface area contributed by atoms with Crippen molar-refractivity contribution in [3.63, 3.8) is 0 Å². The average Bonchev–Trinajstić information content (AvgIpc) is 3.12. The molecule has 8 heteroatoms. The van der Waals surface area contributed by atoms with Crippen LogP contribution in [0.3, 0.4) is 0 Å². The Labute approximate surface area is 159 Å². The topological polar surface area (TPSA) is 80.3 Å². The third kappa shape index (κ3) is 4.04. The minimum absolute atomic E-state index is 0.140. The maximum Gasteiger partial charge on any atom is 0.410 e. The molecule has 27 heavy (non-hydrogen) atoms. The number of urea groups is 1. The lowest BCUT2D eigenvalue weighted by molar-refractivity contribution is 0.121. The SMILES string of the molecule is COc1ccc(CN2C(=O)O[C@@H]3CN(C(=O)NC(C)(C)C)C[C@@H]32)cc1OC. The Morgan fingerprint density at radius 3 is 2.56 bits per heavy atom. The summed E-state index contributed by atoms with van der Waals surface area (Å²) in [6, 6.07) is 5.25. The van der Waals surface area contributed by atoms with Crippen LogP contribution >= 0.6 is 0 Å². The monoisotopic (exact) mass is 377 g/mol. The molecule has 0 radical (unpaired) electrons. The fraction of sp³-hybridized carbons (Fsp3) is 0.579. The molecule has 0 saturated carbocycles. The van der Waals surface area contributed by atoms with E-state index in [9.17, 15) is 9.59 Å². The lowest BCUT2D eigenvalue weighted by Gasteiger charge is -2.27. The molecule has 8 nitrogen and oxygen atoms in total. The van der Waals surface area contributed by atoms with Crippen LogP contribution in [-0.4, -0.2) is 66.9 Å². The number of nitrogens with one attached hydrogen (secondary N) is 1. The molecule has 2 atom stereocenters. The van der Waals surface area contributed by atoms with Crippen LogP contribution in [0.4, 0.5) is 9.59 Å². The first kappa shape index (κ1) is 19.1. The predicted octanol–water partition coefficient (Wildman–Crippen LogP) is 2.22. The highest BCUT2D eigenvalue weighted by atomic mass is 16.6. The standard InChI is InChI=1S/C19H27N3O5/c1-19(2,3)20-17(23)21-10-13-16(11-21)27-18(24)22(13)9-12-6-7-14(25-4)15(8-12)26-5/h6-8,13,16H,9-11H2,1-5H3,(H,20,23)/t13-,16+/m0/s1. The molecule has 3 rings (SSSR count). The largest absolute Gasteiger partial charge is 0.493 e. The van der Waals surface area contributed by atoms with Gasteiger partial charge in [-0.3, -0.25) is 4.90 Å². The molecule has 0 aliphatic carbocycles. The Balaban J connectivity index is 1.70. The van der Waals surface area contributed by atoms with Gasteiger partial charge in [0.15, 0.2) is 11.5 Å². The molecule has 1 N–H and O–H groups in total. The number of fused-ring (bicyclic) bond motifs is 1. The predicted molar refractivity (Wildman–Crippen MR) is 99.0 cm³/mol. The molecular formula is C19H27N3O5. The lowest BCUT2D eigenvalue weighted by Crippen LogP contribution is -2.49. The molecule has 0 bridgehead atoms. The van der Waals surface area contributed by atoms with Crippen molar-refractivity contribution >= 4 is 12.1 Å². The summed E-state index contributed by atoms with van der Waals surface area (Å²) in [6.45, 7) is 7.04. The number of benzene rings is 1. The second-order valence-corrected chi connectivity index (χ2v) is 7.89. The Morgan fingerprint density at radius 1 is 1.22 bits per heavy atom. The number of hydrogen-bond donors (Lipinski definition) is 1. The molecule has 3 amide bonds. The van der Waals surface area contributed by atoms with Gasteiger partial charge in [0, 0.05) is 18.6 Å². The smallest absolute Gasteiger partial charge is 0.410 e. The first-order chi connectivity index (χ1) is 12.7. The molecule has 2 heterocycles. The summed E-state index contributed by atoms with van der Waals surface area (Å²) in [5.74, 6) is 1.24. The fourth-order valence-corrected chi connectivity index (χ4v) is 3.43. The van der Waals surface area contributed by atoms with E-state index < -0.39 is 0 Å². The van der Waals surface area contributed by atoms with E-state index in [2.05, 4.69) is 5.32 Å². The van der Waals surface area contributed by atoms with Gasteiger partial charge in [0.1, 0.15) is 6.10 Å². The summed E-state index contributed by atoms with van der Waals surface area (Å²) in [5, 5.41) is 2.95. The van der Waals surface area contributed by atoms with Gasteiger partial charge in [0.2, 0.25) is 0 Å². The minimum atomic E-state index is -0.351. The molecule has 2 fully saturated rings. The highest BCUT2D eigenvalue weighted by Crippen LogP contribution is 2.32. The van der Waals surface area contributed by atoms with Gasteiger partial charge in [-0.2, -0.15) is 0 Å². The normalized spacial score (nSPS) is 21.7. The Kier molecular flexibility index (Phi) is 5.08. The molecular weight excluding hydrogens is 350 g/mol. The zero-order chi connectivity index (χ0) is 19.8. The maximum atomic E-state index is 12.4. The number of methoxy groups -OCH3 is 2. The minimum Gasteiger partial charge on any atom is -0.493 e. The highest BCUT2D eigenvalue weighted by Gasteiger charge is 2.49. The molecule has 0 unspecified atom stereocenters. The van der Waals surface area contributed by atoms with E-state index in [1.165, 1.54) is 0 Å². The van der Waals surface area contributed by atoms with Gasteiger partial charge in [-0.1, -0.05) is 6.07 Å². The summed E-state index contributed by atoms with van der Waals surface area (Å²) in [4.78, 5) is 28.1. The molecule has 2 aliphatic heterocycles. The van der Waals surface area contributed by atoms with Crippen LogP contribution < -0.4 is 14.8 Å². The number of nitrogens with zero attached hydrogens (tertiary/aromatic N) is 2. The van der Waals surface area contributed by atoms with Gasteiger partial charge in [0.25, 0.3) is 0 Å². The number of ether oxygens (including phenoxy) is 3. The van der Waals surface area contributed by atoms with Crippen molar-refractivity contribution in [2.24, 2.45) is 0 Å². The highest BCUT2D eigenvalue weighted by molar-refractivity contribution is 5.77. The Morgan fingerprint density at radius 2 is 1.93 bits per heavy atom.